The molecule has 0 bridgehead atoms. The van der Waals surface area contributed by atoms with E-state index >= 15 is 0 Å². The third kappa shape index (κ3) is 3.16. The van der Waals surface area contributed by atoms with Gasteiger partial charge < -0.3 is 19.5 Å². The van der Waals surface area contributed by atoms with E-state index in [0.29, 0.717) is 0 Å². The number of ether oxygens (including phenoxy) is 3. The summed E-state index contributed by atoms with van der Waals surface area (Å²) in [6.45, 7) is 0. The van der Waals surface area contributed by atoms with Crippen LogP contribution in [0.25, 0.3) is 0 Å². The molecule has 1 aliphatic rings. The second-order valence-electron chi connectivity index (χ2n) is 6.36. The second kappa shape index (κ2) is 7.19. The van der Waals surface area contributed by atoms with Crippen molar-refractivity contribution in [2.75, 3.05) is 26.6 Å². The van der Waals surface area contributed by atoms with Crippen molar-refractivity contribution in [2.24, 2.45) is 0 Å². The van der Waals surface area contributed by atoms with Crippen molar-refractivity contribution >= 4 is 5.95 Å². The van der Waals surface area contributed by atoms with Gasteiger partial charge in [0.15, 0.2) is 0 Å². The first-order valence-corrected chi connectivity index (χ1v) is 8.75. The molecule has 2 aromatic carbocycles. The molecule has 7 heteroatoms. The molecule has 0 amide bonds. The first-order valence-electron chi connectivity index (χ1n) is 8.75. The molecule has 1 N–H and O–H groups in total. The predicted molar refractivity (Wildman–Crippen MR) is 102 cm³/mol. The van der Waals surface area contributed by atoms with Gasteiger partial charge in [-0.15, -0.1) is 0 Å². The van der Waals surface area contributed by atoms with Crippen molar-refractivity contribution in [3.63, 3.8) is 0 Å². The van der Waals surface area contributed by atoms with Gasteiger partial charge in [0, 0.05) is 11.6 Å². The van der Waals surface area contributed by atoms with E-state index in [4.69, 9.17) is 14.2 Å². The number of methoxy groups -OCH3 is 3. The second-order valence-corrected chi connectivity index (χ2v) is 6.36. The summed E-state index contributed by atoms with van der Waals surface area (Å²) >= 11 is 0. The van der Waals surface area contributed by atoms with Crippen molar-refractivity contribution in [3.05, 3.63) is 59.9 Å². The van der Waals surface area contributed by atoms with Crippen LogP contribution in [-0.4, -0.2) is 36.1 Å². The summed E-state index contributed by atoms with van der Waals surface area (Å²) in [5.41, 5.74) is 2.22. The van der Waals surface area contributed by atoms with Crippen molar-refractivity contribution < 1.29 is 14.2 Å². The number of hydrogen-bond acceptors (Lipinski definition) is 6. The van der Waals surface area contributed by atoms with Crippen LogP contribution in [0.4, 0.5) is 5.95 Å². The van der Waals surface area contributed by atoms with Gasteiger partial charge in [-0.2, -0.15) is 10.1 Å². The molecule has 0 spiro atoms. The summed E-state index contributed by atoms with van der Waals surface area (Å²) in [5.74, 6) is 3.11. The van der Waals surface area contributed by atoms with Gasteiger partial charge in [-0.1, -0.05) is 12.1 Å². The third-order valence-corrected chi connectivity index (χ3v) is 4.95. The average Bonchev–Trinajstić information content (AvgIpc) is 3.21. The Hall–Kier alpha value is -3.22. The van der Waals surface area contributed by atoms with Gasteiger partial charge in [0.2, 0.25) is 5.95 Å². The molecule has 3 aromatic rings. The van der Waals surface area contributed by atoms with Crippen LogP contribution >= 0.6 is 0 Å². The molecule has 0 saturated carbocycles. The molecule has 140 valence electrons. The van der Waals surface area contributed by atoms with E-state index in [2.05, 4.69) is 27.5 Å². The smallest absolute Gasteiger partial charge is 0.222 e. The largest absolute Gasteiger partial charge is 0.497 e. The van der Waals surface area contributed by atoms with Crippen molar-refractivity contribution in [1.29, 1.82) is 0 Å². The molecule has 7 nitrogen and oxygen atoms in total. The van der Waals surface area contributed by atoms with E-state index in [0.717, 1.165) is 35.2 Å². The molecule has 2 heterocycles. The molecule has 0 radical (unpaired) electrons. The molecular formula is C20H22N4O3. The van der Waals surface area contributed by atoms with Crippen LogP contribution in [0.2, 0.25) is 0 Å². The highest BCUT2D eigenvalue weighted by molar-refractivity contribution is 5.46. The Morgan fingerprint density at radius 2 is 1.70 bits per heavy atom. The fourth-order valence-corrected chi connectivity index (χ4v) is 3.53. The van der Waals surface area contributed by atoms with Crippen LogP contribution in [-0.2, 0) is 0 Å². The molecule has 0 saturated heterocycles. The molecule has 27 heavy (non-hydrogen) atoms. The van der Waals surface area contributed by atoms with Crippen LogP contribution in [0.5, 0.6) is 17.2 Å². The molecular weight excluding hydrogens is 344 g/mol. The fourth-order valence-electron chi connectivity index (χ4n) is 3.53. The van der Waals surface area contributed by atoms with Crippen molar-refractivity contribution in [1.82, 2.24) is 14.8 Å². The van der Waals surface area contributed by atoms with Crippen LogP contribution in [0.1, 0.15) is 29.6 Å². The Balaban J connectivity index is 1.72. The summed E-state index contributed by atoms with van der Waals surface area (Å²) in [5, 5.41) is 7.90. The van der Waals surface area contributed by atoms with Gasteiger partial charge >= 0.3 is 0 Å². The van der Waals surface area contributed by atoms with E-state index in [-0.39, 0.29) is 12.1 Å². The van der Waals surface area contributed by atoms with Gasteiger partial charge in [-0.3, -0.25) is 0 Å². The number of rotatable bonds is 5. The maximum Gasteiger partial charge on any atom is 0.222 e. The molecule has 0 fully saturated rings. The lowest BCUT2D eigenvalue weighted by molar-refractivity contribution is 0.371. The number of aromatic nitrogens is 3. The highest BCUT2D eigenvalue weighted by atomic mass is 16.5. The van der Waals surface area contributed by atoms with E-state index in [1.165, 1.54) is 5.56 Å². The Kier molecular flexibility index (Phi) is 4.58. The number of nitrogens with one attached hydrogen (secondary N) is 1. The molecule has 0 aliphatic carbocycles. The van der Waals surface area contributed by atoms with Crippen LogP contribution in [0, 0.1) is 0 Å². The van der Waals surface area contributed by atoms with Gasteiger partial charge in [-0.25, -0.2) is 4.68 Å². The molecule has 1 aromatic heterocycles. The van der Waals surface area contributed by atoms with E-state index in [1.54, 1.807) is 27.7 Å². The lowest BCUT2D eigenvalue weighted by Gasteiger charge is -2.32. The lowest BCUT2D eigenvalue weighted by atomic mass is 9.92. The number of benzene rings is 2. The van der Waals surface area contributed by atoms with Crippen LogP contribution in [0.15, 0.2) is 48.8 Å². The third-order valence-electron chi connectivity index (χ3n) is 4.95. The van der Waals surface area contributed by atoms with Gasteiger partial charge in [0.1, 0.15) is 23.6 Å². The summed E-state index contributed by atoms with van der Waals surface area (Å²) in [4.78, 5) is 4.38. The normalized spacial score (nSPS) is 18.3. The van der Waals surface area contributed by atoms with Gasteiger partial charge in [0.05, 0.1) is 33.4 Å². The SMILES string of the molecule is COc1ccc(C2CC(c3ccc(OC)cc3OC)n3ncnc3N2)cc1. The maximum absolute atomic E-state index is 5.63. The number of hydrogen-bond donors (Lipinski definition) is 1. The van der Waals surface area contributed by atoms with Crippen molar-refractivity contribution in [2.45, 2.75) is 18.5 Å². The zero-order chi connectivity index (χ0) is 18.8. The number of fused-ring (bicyclic) bond motifs is 1. The molecule has 1 aliphatic heterocycles. The topological polar surface area (TPSA) is 70.4 Å². The maximum atomic E-state index is 5.63. The zero-order valence-electron chi connectivity index (χ0n) is 15.5. The Morgan fingerprint density at radius 3 is 2.41 bits per heavy atom. The van der Waals surface area contributed by atoms with Crippen LogP contribution < -0.4 is 19.5 Å². The summed E-state index contributed by atoms with van der Waals surface area (Å²) < 4.78 is 18.1. The first kappa shape index (κ1) is 17.2. The summed E-state index contributed by atoms with van der Waals surface area (Å²) in [6.07, 6.45) is 2.38. The van der Waals surface area contributed by atoms with Gasteiger partial charge in [-0.05, 0) is 36.2 Å². The van der Waals surface area contributed by atoms with Gasteiger partial charge in [0.25, 0.3) is 0 Å². The number of anilines is 1. The van der Waals surface area contributed by atoms with E-state index in [9.17, 15) is 0 Å². The minimum atomic E-state index is -0.00305. The lowest BCUT2D eigenvalue weighted by Crippen LogP contribution is -2.28. The number of nitrogens with zero attached hydrogens (tertiary/aromatic N) is 3. The highest BCUT2D eigenvalue weighted by Gasteiger charge is 2.31. The molecule has 4 rings (SSSR count). The summed E-state index contributed by atoms with van der Waals surface area (Å²) in [6, 6.07) is 14.1. The van der Waals surface area contributed by atoms with E-state index in [1.807, 2.05) is 35.0 Å². The Bertz CT molecular complexity index is 923. The quantitative estimate of drug-likeness (QED) is 0.746. The van der Waals surface area contributed by atoms with Crippen LogP contribution in [0.3, 0.4) is 0 Å². The summed E-state index contributed by atoms with van der Waals surface area (Å²) in [7, 11) is 4.99. The minimum Gasteiger partial charge on any atom is -0.497 e. The van der Waals surface area contributed by atoms with E-state index < -0.39 is 0 Å². The average molecular weight is 366 g/mol. The minimum absolute atomic E-state index is 0.00305. The fraction of sp³-hybridized carbons (Fsp3) is 0.300. The Morgan fingerprint density at radius 1 is 0.963 bits per heavy atom. The highest BCUT2D eigenvalue weighted by Crippen LogP contribution is 2.41. The standard InChI is InChI=1S/C20H22N4O3/c1-25-14-6-4-13(5-7-14)17-11-18(24-20(23-17)21-12-22-24)16-9-8-15(26-2)10-19(16)27-3/h4-10,12,17-18H,11H2,1-3H3,(H,21,22,23). The monoisotopic (exact) mass is 366 g/mol. The molecule has 2 atom stereocenters. The van der Waals surface area contributed by atoms with Crippen molar-refractivity contribution in [3.8, 4) is 17.2 Å². The molecule has 2 unspecified atom stereocenters. The first-order chi connectivity index (χ1) is 13.2. The zero-order valence-corrected chi connectivity index (χ0v) is 15.5. The Labute approximate surface area is 157 Å². The predicted octanol–water partition coefficient (Wildman–Crippen LogP) is 3.45.